The molecule has 278 valence electrons. The number of furan rings is 1. The smallest absolute Gasteiger partial charge is 0.164 e. The SMILES string of the molecule is N#Cc1ccc(-c2cccc(-c3ccc4c5ccc(-c6nc(-c7ccccc7)nc(-c7ccc8c(c7)sc7ccccc78)n6)cc5c5oc6ccccc6c5c4c3)c2)cc1. The summed E-state index contributed by atoms with van der Waals surface area (Å²) in [6.07, 6.45) is 0. The molecule has 60 heavy (non-hydrogen) atoms. The van der Waals surface area contributed by atoms with Crippen molar-refractivity contribution in [3.8, 4) is 62.5 Å². The lowest BCUT2D eigenvalue weighted by molar-refractivity contribution is 0.673. The Morgan fingerprint density at radius 2 is 0.933 bits per heavy atom. The first-order chi connectivity index (χ1) is 29.6. The molecule has 0 aliphatic heterocycles. The van der Waals surface area contributed by atoms with Crippen LogP contribution in [0.15, 0.2) is 186 Å². The molecule has 12 rings (SSSR count). The Kier molecular flexibility index (Phi) is 7.71. The van der Waals surface area contributed by atoms with Gasteiger partial charge >= 0.3 is 0 Å². The molecule has 9 aromatic carbocycles. The number of benzene rings is 9. The Bertz CT molecular complexity index is 3730. The molecule has 0 N–H and O–H groups in total. The first-order valence-electron chi connectivity index (χ1n) is 19.8. The van der Waals surface area contributed by atoms with Gasteiger partial charge in [0.25, 0.3) is 0 Å². The van der Waals surface area contributed by atoms with Gasteiger partial charge in [-0.05, 0) is 86.9 Å². The second-order valence-electron chi connectivity index (χ2n) is 15.1. The second kappa shape index (κ2) is 13.6. The molecule has 0 spiro atoms. The molecule has 0 unspecified atom stereocenters. The van der Waals surface area contributed by atoms with Crippen LogP contribution in [0.4, 0.5) is 0 Å². The van der Waals surface area contributed by atoms with Crippen molar-refractivity contribution in [1.82, 2.24) is 15.0 Å². The van der Waals surface area contributed by atoms with E-state index in [1.165, 1.54) is 20.2 Å². The molecule has 12 aromatic rings. The van der Waals surface area contributed by atoms with Crippen molar-refractivity contribution in [2.45, 2.75) is 0 Å². The molecule has 3 heterocycles. The lowest BCUT2D eigenvalue weighted by Gasteiger charge is -2.12. The van der Waals surface area contributed by atoms with Crippen LogP contribution < -0.4 is 0 Å². The average molecular weight is 783 g/mol. The van der Waals surface area contributed by atoms with E-state index in [9.17, 15) is 5.26 Å². The van der Waals surface area contributed by atoms with Crippen LogP contribution in [0, 0.1) is 11.3 Å². The molecule has 0 aliphatic rings. The normalized spacial score (nSPS) is 11.7. The van der Waals surface area contributed by atoms with Crippen molar-refractivity contribution in [1.29, 1.82) is 5.26 Å². The summed E-state index contributed by atoms with van der Waals surface area (Å²) in [5.74, 6) is 1.84. The molecule has 0 amide bonds. The summed E-state index contributed by atoms with van der Waals surface area (Å²) in [4.78, 5) is 15.3. The molecule has 0 fully saturated rings. The third-order valence-electron chi connectivity index (χ3n) is 11.5. The third-order valence-corrected chi connectivity index (χ3v) is 12.7. The summed E-state index contributed by atoms with van der Waals surface area (Å²) >= 11 is 1.79. The fourth-order valence-electron chi connectivity index (χ4n) is 8.61. The fourth-order valence-corrected chi connectivity index (χ4v) is 9.75. The number of nitrogens with zero attached hydrogens (tertiary/aromatic N) is 4. The number of para-hydroxylation sites is 1. The van der Waals surface area contributed by atoms with Crippen LogP contribution in [0.5, 0.6) is 0 Å². The van der Waals surface area contributed by atoms with Gasteiger partial charge in [0.05, 0.1) is 11.6 Å². The van der Waals surface area contributed by atoms with Gasteiger partial charge in [-0.25, -0.2) is 15.0 Å². The first-order valence-corrected chi connectivity index (χ1v) is 20.6. The molecular weight excluding hydrogens is 753 g/mol. The van der Waals surface area contributed by atoms with Crippen LogP contribution in [0.25, 0.3) is 120 Å². The molecule has 6 heteroatoms. The number of rotatable bonds is 5. The minimum Gasteiger partial charge on any atom is -0.455 e. The van der Waals surface area contributed by atoms with E-state index in [0.717, 1.165) is 82.4 Å². The molecule has 0 radical (unpaired) electrons. The summed E-state index contributed by atoms with van der Waals surface area (Å²) in [7, 11) is 0. The van der Waals surface area contributed by atoms with Crippen molar-refractivity contribution in [2.75, 3.05) is 0 Å². The van der Waals surface area contributed by atoms with E-state index >= 15 is 0 Å². The minimum absolute atomic E-state index is 0.596. The van der Waals surface area contributed by atoms with Gasteiger partial charge in [-0.1, -0.05) is 133 Å². The molecule has 0 aliphatic carbocycles. The molecular formula is C54H30N4OS. The van der Waals surface area contributed by atoms with Crippen LogP contribution in [-0.4, -0.2) is 15.0 Å². The predicted molar refractivity (Wildman–Crippen MR) is 247 cm³/mol. The van der Waals surface area contributed by atoms with Gasteiger partial charge in [-0.2, -0.15) is 5.26 Å². The predicted octanol–water partition coefficient (Wildman–Crippen LogP) is 14.7. The monoisotopic (exact) mass is 782 g/mol. The highest BCUT2D eigenvalue weighted by Crippen LogP contribution is 2.44. The molecule has 0 bridgehead atoms. The zero-order chi connectivity index (χ0) is 39.7. The summed E-state index contributed by atoms with van der Waals surface area (Å²) in [5, 5.41) is 18.3. The van der Waals surface area contributed by atoms with E-state index in [1.54, 1.807) is 11.3 Å². The maximum Gasteiger partial charge on any atom is 0.164 e. The summed E-state index contributed by atoms with van der Waals surface area (Å²) in [6, 6.07) is 65.2. The van der Waals surface area contributed by atoms with Crippen molar-refractivity contribution in [2.24, 2.45) is 0 Å². The Morgan fingerprint density at radius 3 is 1.72 bits per heavy atom. The van der Waals surface area contributed by atoms with Crippen molar-refractivity contribution < 1.29 is 4.42 Å². The maximum atomic E-state index is 9.32. The quantitative estimate of drug-likeness (QED) is 0.163. The van der Waals surface area contributed by atoms with Crippen LogP contribution in [0.2, 0.25) is 0 Å². The summed E-state index contributed by atoms with van der Waals surface area (Å²) in [5.41, 5.74) is 9.46. The first kappa shape index (κ1) is 34.1. The van der Waals surface area contributed by atoms with Gasteiger partial charge < -0.3 is 4.42 Å². The van der Waals surface area contributed by atoms with Crippen molar-refractivity contribution in [3.63, 3.8) is 0 Å². The van der Waals surface area contributed by atoms with Crippen LogP contribution in [-0.2, 0) is 0 Å². The standard InChI is InChI=1S/C54H30N4OS/c55-31-32-17-19-33(20-18-32)35-11-8-12-36(27-35)37-21-24-40-41-25-22-38(29-46(41)51-50(45(40)28-37)44-14-4-6-15-47(44)59-51)53-56-52(34-9-2-1-3-10-34)57-54(58-53)39-23-26-43-42-13-5-7-16-48(42)60-49(43)30-39/h1-30H. The number of nitriles is 1. The molecule has 0 saturated heterocycles. The Balaban J connectivity index is 1.04. The summed E-state index contributed by atoms with van der Waals surface area (Å²) in [6.45, 7) is 0. The third kappa shape index (κ3) is 5.56. The zero-order valence-electron chi connectivity index (χ0n) is 31.9. The minimum atomic E-state index is 0.596. The number of aromatic nitrogens is 3. The molecule has 3 aromatic heterocycles. The number of thiophene rings is 1. The van der Waals surface area contributed by atoms with Crippen LogP contribution >= 0.6 is 11.3 Å². The lowest BCUT2D eigenvalue weighted by atomic mass is 9.92. The highest BCUT2D eigenvalue weighted by Gasteiger charge is 2.19. The molecule has 0 atom stereocenters. The second-order valence-corrected chi connectivity index (χ2v) is 16.2. The van der Waals surface area contributed by atoms with Crippen molar-refractivity contribution >= 4 is 75.0 Å². The molecule has 5 nitrogen and oxygen atoms in total. The largest absolute Gasteiger partial charge is 0.455 e. The lowest BCUT2D eigenvalue weighted by Crippen LogP contribution is -2.00. The average Bonchev–Trinajstić information content (AvgIpc) is 3.90. The van der Waals surface area contributed by atoms with Crippen LogP contribution in [0.1, 0.15) is 5.56 Å². The Labute approximate surface area is 348 Å². The van der Waals surface area contributed by atoms with Crippen LogP contribution in [0.3, 0.4) is 0 Å². The number of hydrogen-bond donors (Lipinski definition) is 0. The number of hydrogen-bond acceptors (Lipinski definition) is 6. The topological polar surface area (TPSA) is 75.6 Å². The number of fused-ring (bicyclic) bond motifs is 11. The maximum absolute atomic E-state index is 9.32. The van der Waals surface area contributed by atoms with E-state index in [0.29, 0.717) is 23.0 Å². The molecule has 0 saturated carbocycles. The van der Waals surface area contributed by atoms with E-state index in [2.05, 4.69) is 121 Å². The van der Waals surface area contributed by atoms with E-state index in [1.807, 2.05) is 66.7 Å². The van der Waals surface area contributed by atoms with E-state index in [4.69, 9.17) is 19.4 Å². The van der Waals surface area contributed by atoms with E-state index in [-0.39, 0.29) is 0 Å². The van der Waals surface area contributed by atoms with E-state index < -0.39 is 0 Å². The summed E-state index contributed by atoms with van der Waals surface area (Å²) < 4.78 is 9.24. The Morgan fingerprint density at radius 1 is 0.383 bits per heavy atom. The van der Waals surface area contributed by atoms with Gasteiger partial charge in [-0.3, -0.25) is 0 Å². The fraction of sp³-hybridized carbons (Fsp3) is 0. The zero-order valence-corrected chi connectivity index (χ0v) is 32.7. The van der Waals surface area contributed by atoms with Gasteiger partial charge in [-0.15, -0.1) is 11.3 Å². The Hall–Kier alpha value is -7.98. The highest BCUT2D eigenvalue weighted by molar-refractivity contribution is 7.25. The van der Waals surface area contributed by atoms with Gasteiger partial charge in [0, 0.05) is 53.0 Å². The van der Waals surface area contributed by atoms with Crippen molar-refractivity contribution in [3.05, 3.63) is 188 Å². The van der Waals surface area contributed by atoms with Gasteiger partial charge in [0.15, 0.2) is 17.5 Å². The highest BCUT2D eigenvalue weighted by atomic mass is 32.1. The van der Waals surface area contributed by atoms with Gasteiger partial charge in [0.2, 0.25) is 0 Å². The van der Waals surface area contributed by atoms with Gasteiger partial charge in [0.1, 0.15) is 11.2 Å².